The van der Waals surface area contributed by atoms with Gasteiger partial charge in [0.15, 0.2) is 0 Å². The van der Waals surface area contributed by atoms with Crippen molar-refractivity contribution in [3.05, 3.63) is 34.9 Å². The number of aliphatic hydroxyl groups is 1. The number of hydrogen-bond donors (Lipinski definition) is 1. The summed E-state index contributed by atoms with van der Waals surface area (Å²) < 4.78 is 0. The third kappa shape index (κ3) is 3.65. The highest BCUT2D eigenvalue weighted by molar-refractivity contribution is 5.96. The molecule has 3 nitrogen and oxygen atoms in total. The lowest BCUT2D eigenvalue weighted by Gasteiger charge is -2.36. The van der Waals surface area contributed by atoms with Gasteiger partial charge < -0.3 is 10.0 Å². The van der Waals surface area contributed by atoms with Gasteiger partial charge in [0, 0.05) is 23.7 Å². The first kappa shape index (κ1) is 15.6. The molecule has 0 spiro atoms. The second kappa shape index (κ2) is 6.78. The van der Waals surface area contributed by atoms with E-state index in [2.05, 4.69) is 25.7 Å². The van der Waals surface area contributed by atoms with Crippen LogP contribution in [0.15, 0.2) is 18.2 Å². The monoisotopic (exact) mass is 285 g/mol. The number of aliphatic hydroxyl groups excluding tert-OH is 1. The fraction of sp³-hybridized carbons (Fsp3) is 0.500. The van der Waals surface area contributed by atoms with Crippen molar-refractivity contribution in [3.63, 3.8) is 0 Å². The molecule has 1 aromatic carbocycles. The maximum atomic E-state index is 12.8. The van der Waals surface area contributed by atoms with E-state index in [1.165, 1.54) is 0 Å². The van der Waals surface area contributed by atoms with Crippen LogP contribution in [0.4, 0.5) is 0 Å². The molecule has 1 saturated heterocycles. The minimum atomic E-state index is -0.168. The van der Waals surface area contributed by atoms with Crippen LogP contribution in [0.3, 0.4) is 0 Å². The number of amides is 1. The number of piperidine rings is 1. The van der Waals surface area contributed by atoms with Crippen LogP contribution in [0.1, 0.15) is 48.2 Å². The number of aryl methyl sites for hydroxylation is 1. The number of rotatable bonds is 1. The Morgan fingerprint density at radius 1 is 1.43 bits per heavy atom. The predicted molar refractivity (Wildman–Crippen MR) is 84.0 cm³/mol. The van der Waals surface area contributed by atoms with E-state index in [9.17, 15) is 4.79 Å². The molecular weight excluding hydrogens is 262 g/mol. The lowest BCUT2D eigenvalue weighted by Crippen LogP contribution is -2.44. The van der Waals surface area contributed by atoms with Gasteiger partial charge >= 0.3 is 0 Å². The summed E-state index contributed by atoms with van der Waals surface area (Å²) in [5, 5.41) is 8.78. The van der Waals surface area contributed by atoms with E-state index in [0.717, 1.165) is 36.1 Å². The standard InChI is InChI=1S/C18H23NO2/c1-13-8-9-19(15(3)11-13)18(21)17-12-16(5-4-10-20)7-6-14(17)2/h6-7,12-13,15,20H,8-11H2,1-3H3. The van der Waals surface area contributed by atoms with E-state index in [0.29, 0.717) is 5.92 Å². The number of carbonyl (C=O) groups excluding carboxylic acids is 1. The lowest BCUT2D eigenvalue weighted by molar-refractivity contribution is 0.0588. The third-order valence-corrected chi connectivity index (χ3v) is 4.18. The van der Waals surface area contributed by atoms with Crippen LogP contribution in [0.25, 0.3) is 0 Å². The number of carbonyl (C=O) groups is 1. The Labute approximate surface area is 127 Å². The molecule has 1 amide bonds. The summed E-state index contributed by atoms with van der Waals surface area (Å²) >= 11 is 0. The summed E-state index contributed by atoms with van der Waals surface area (Å²) in [6.45, 7) is 6.98. The fourth-order valence-corrected chi connectivity index (χ4v) is 2.94. The first-order valence-corrected chi connectivity index (χ1v) is 7.54. The van der Waals surface area contributed by atoms with Gasteiger partial charge in [-0.05, 0) is 50.3 Å². The quantitative estimate of drug-likeness (QED) is 0.806. The molecule has 2 atom stereocenters. The van der Waals surface area contributed by atoms with Gasteiger partial charge in [0.25, 0.3) is 5.91 Å². The minimum Gasteiger partial charge on any atom is -0.384 e. The molecule has 0 aromatic heterocycles. The maximum Gasteiger partial charge on any atom is 0.254 e. The van der Waals surface area contributed by atoms with E-state index in [4.69, 9.17) is 5.11 Å². The Morgan fingerprint density at radius 2 is 2.19 bits per heavy atom. The fourth-order valence-electron chi connectivity index (χ4n) is 2.94. The van der Waals surface area contributed by atoms with Crippen molar-refractivity contribution in [1.82, 2.24) is 4.90 Å². The van der Waals surface area contributed by atoms with Crippen LogP contribution in [0.5, 0.6) is 0 Å². The molecular formula is C18H23NO2. The number of hydrogen-bond acceptors (Lipinski definition) is 2. The number of likely N-dealkylation sites (tertiary alicyclic amines) is 1. The molecule has 1 aromatic rings. The van der Waals surface area contributed by atoms with Crippen molar-refractivity contribution in [1.29, 1.82) is 0 Å². The highest BCUT2D eigenvalue weighted by Gasteiger charge is 2.28. The van der Waals surface area contributed by atoms with E-state index in [1.54, 1.807) is 0 Å². The number of nitrogens with zero attached hydrogens (tertiary/aromatic N) is 1. The van der Waals surface area contributed by atoms with Gasteiger partial charge in [-0.15, -0.1) is 0 Å². The van der Waals surface area contributed by atoms with Crippen molar-refractivity contribution >= 4 is 5.91 Å². The first-order valence-electron chi connectivity index (χ1n) is 7.54. The zero-order chi connectivity index (χ0) is 15.4. The van der Waals surface area contributed by atoms with Crippen molar-refractivity contribution in [3.8, 4) is 11.8 Å². The van der Waals surface area contributed by atoms with E-state index < -0.39 is 0 Å². The molecule has 0 aliphatic carbocycles. The summed E-state index contributed by atoms with van der Waals surface area (Å²) in [7, 11) is 0. The largest absolute Gasteiger partial charge is 0.384 e. The SMILES string of the molecule is Cc1ccc(C#CCO)cc1C(=O)N1CCC(C)CC1C. The molecule has 3 heteroatoms. The second-order valence-corrected chi connectivity index (χ2v) is 5.97. The molecule has 2 unspecified atom stereocenters. The second-order valence-electron chi connectivity index (χ2n) is 5.97. The summed E-state index contributed by atoms with van der Waals surface area (Å²) in [6.07, 6.45) is 2.13. The van der Waals surface area contributed by atoms with Crippen LogP contribution in [0, 0.1) is 24.7 Å². The Balaban J connectivity index is 2.26. The summed E-state index contributed by atoms with van der Waals surface area (Å²) in [5.74, 6) is 6.28. The Hall–Kier alpha value is -1.79. The average Bonchev–Trinajstić information content (AvgIpc) is 2.46. The molecule has 0 radical (unpaired) electrons. The number of benzene rings is 1. The van der Waals surface area contributed by atoms with Gasteiger partial charge in [-0.2, -0.15) is 0 Å². The molecule has 0 bridgehead atoms. The molecule has 1 aliphatic heterocycles. The van der Waals surface area contributed by atoms with Crippen LogP contribution in [-0.4, -0.2) is 35.1 Å². The van der Waals surface area contributed by atoms with Gasteiger partial charge in [-0.25, -0.2) is 0 Å². The minimum absolute atomic E-state index is 0.0968. The van der Waals surface area contributed by atoms with E-state index >= 15 is 0 Å². The zero-order valence-electron chi connectivity index (χ0n) is 13.0. The van der Waals surface area contributed by atoms with Crippen LogP contribution in [-0.2, 0) is 0 Å². The van der Waals surface area contributed by atoms with Gasteiger partial charge in [0.2, 0.25) is 0 Å². The van der Waals surface area contributed by atoms with Gasteiger partial charge in [0.05, 0.1) is 0 Å². The van der Waals surface area contributed by atoms with Crippen molar-refractivity contribution in [2.45, 2.75) is 39.7 Å². The Bertz CT molecular complexity index is 583. The maximum absolute atomic E-state index is 12.8. The summed E-state index contributed by atoms with van der Waals surface area (Å²) in [5.41, 5.74) is 2.47. The highest BCUT2D eigenvalue weighted by atomic mass is 16.2. The van der Waals surface area contributed by atoms with E-state index in [-0.39, 0.29) is 18.6 Å². The molecule has 0 saturated carbocycles. The third-order valence-electron chi connectivity index (χ3n) is 4.18. The summed E-state index contributed by atoms with van der Waals surface area (Å²) in [6, 6.07) is 5.93. The van der Waals surface area contributed by atoms with Crippen molar-refractivity contribution in [2.75, 3.05) is 13.2 Å². The first-order chi connectivity index (χ1) is 10.0. The van der Waals surface area contributed by atoms with Crippen molar-refractivity contribution in [2.24, 2.45) is 5.92 Å². The van der Waals surface area contributed by atoms with Crippen LogP contribution >= 0.6 is 0 Å². The molecule has 1 heterocycles. The smallest absolute Gasteiger partial charge is 0.254 e. The molecule has 1 N–H and O–H groups in total. The van der Waals surface area contributed by atoms with Crippen LogP contribution < -0.4 is 0 Å². The van der Waals surface area contributed by atoms with Gasteiger partial charge in [-0.1, -0.05) is 24.8 Å². The Morgan fingerprint density at radius 3 is 2.86 bits per heavy atom. The molecule has 1 aliphatic rings. The van der Waals surface area contributed by atoms with Gasteiger partial charge in [0.1, 0.15) is 6.61 Å². The lowest BCUT2D eigenvalue weighted by atomic mass is 9.92. The van der Waals surface area contributed by atoms with Crippen molar-refractivity contribution < 1.29 is 9.90 Å². The normalized spacial score (nSPS) is 21.6. The zero-order valence-corrected chi connectivity index (χ0v) is 13.0. The molecule has 2 rings (SSSR count). The molecule has 112 valence electrons. The van der Waals surface area contributed by atoms with E-state index in [1.807, 2.05) is 30.0 Å². The molecule has 1 fully saturated rings. The topological polar surface area (TPSA) is 40.5 Å². The summed E-state index contributed by atoms with van der Waals surface area (Å²) in [4.78, 5) is 14.8. The predicted octanol–water partition coefficient (Wildman–Crippen LogP) is 2.60. The molecule has 21 heavy (non-hydrogen) atoms. The van der Waals surface area contributed by atoms with Gasteiger partial charge in [-0.3, -0.25) is 4.79 Å². The highest BCUT2D eigenvalue weighted by Crippen LogP contribution is 2.25. The Kier molecular flexibility index (Phi) is 5.03. The van der Waals surface area contributed by atoms with Crippen LogP contribution in [0.2, 0.25) is 0 Å². The average molecular weight is 285 g/mol.